The van der Waals surface area contributed by atoms with Gasteiger partial charge in [0, 0.05) is 31.4 Å². The summed E-state index contributed by atoms with van der Waals surface area (Å²) in [4.78, 5) is 23.2. The summed E-state index contributed by atoms with van der Waals surface area (Å²) in [7, 11) is 0. The first-order chi connectivity index (χ1) is 16.0. The van der Waals surface area contributed by atoms with Gasteiger partial charge in [0.25, 0.3) is 5.91 Å². The standard InChI is InChI=1S/C25H33N3O.C2H3F3/c1-5-6-7-12-21(18(2)3)20-11-9-15-28(16-14-20)25(29)24-17-23-22(27-24)13-8-10-19(4)26-23;1-2(3,4)5/h7,12,17,20,27H,8-11,13-16H2,1-4H3;1H3/b12-7-;. The fourth-order valence-electron chi connectivity index (χ4n) is 4.38. The zero-order chi connectivity index (χ0) is 25.3. The molecule has 0 aliphatic carbocycles. The molecular weight excluding hydrogens is 439 g/mol. The molecule has 1 aromatic rings. The van der Waals surface area contributed by atoms with E-state index in [1.54, 1.807) is 0 Å². The third-order valence-corrected chi connectivity index (χ3v) is 5.91. The molecule has 1 N–H and O–H groups in total. The molecule has 2 aliphatic rings. The number of likely N-dealkylation sites (tertiary alicyclic amines) is 1. The van der Waals surface area contributed by atoms with Crippen molar-refractivity contribution in [1.82, 2.24) is 9.88 Å². The lowest BCUT2D eigenvalue weighted by molar-refractivity contribution is -0.110. The molecule has 1 aromatic heterocycles. The van der Waals surface area contributed by atoms with Crippen molar-refractivity contribution in [3.05, 3.63) is 40.8 Å². The van der Waals surface area contributed by atoms with Gasteiger partial charge in [-0.3, -0.25) is 9.79 Å². The fourth-order valence-corrected chi connectivity index (χ4v) is 4.38. The van der Waals surface area contributed by atoms with Crippen molar-refractivity contribution in [2.75, 3.05) is 13.1 Å². The number of alkyl halides is 3. The second kappa shape index (κ2) is 12.6. The molecule has 1 atom stereocenters. The Labute approximate surface area is 201 Å². The minimum Gasteiger partial charge on any atom is -0.353 e. The first-order valence-electron chi connectivity index (χ1n) is 11.9. The van der Waals surface area contributed by atoms with Crippen molar-refractivity contribution in [1.29, 1.82) is 0 Å². The van der Waals surface area contributed by atoms with E-state index in [-0.39, 0.29) is 12.8 Å². The monoisotopic (exact) mass is 475 g/mol. The molecule has 1 fully saturated rings. The molecule has 2 aliphatic heterocycles. The Morgan fingerprint density at radius 1 is 1.21 bits per heavy atom. The van der Waals surface area contributed by atoms with Gasteiger partial charge in [0.1, 0.15) is 5.69 Å². The molecule has 1 saturated heterocycles. The van der Waals surface area contributed by atoms with Gasteiger partial charge in [-0.05, 0) is 89.9 Å². The minimum absolute atomic E-state index is 0.109. The number of rotatable bonds is 3. The molecule has 34 heavy (non-hydrogen) atoms. The summed E-state index contributed by atoms with van der Waals surface area (Å²) in [6, 6.07) is 1.95. The molecule has 4 nitrogen and oxygen atoms in total. The number of fused-ring (bicyclic) bond motifs is 1. The van der Waals surface area contributed by atoms with Crippen LogP contribution in [0, 0.1) is 17.8 Å². The second-order valence-corrected chi connectivity index (χ2v) is 9.13. The summed E-state index contributed by atoms with van der Waals surface area (Å²) in [5, 5.41) is 0. The third-order valence-electron chi connectivity index (χ3n) is 5.91. The van der Waals surface area contributed by atoms with Crippen molar-refractivity contribution in [2.45, 2.75) is 79.3 Å². The van der Waals surface area contributed by atoms with Gasteiger partial charge >= 0.3 is 6.18 Å². The number of carbonyl (C=O) groups excluding carboxylic acids is 1. The van der Waals surface area contributed by atoms with Crippen LogP contribution in [0.4, 0.5) is 18.9 Å². The van der Waals surface area contributed by atoms with Crippen LogP contribution >= 0.6 is 0 Å². The zero-order valence-electron chi connectivity index (χ0n) is 20.9. The van der Waals surface area contributed by atoms with Gasteiger partial charge in [0.2, 0.25) is 0 Å². The van der Waals surface area contributed by atoms with Gasteiger partial charge in [0.05, 0.1) is 5.69 Å². The molecule has 186 valence electrons. The number of hydrogen-bond donors (Lipinski definition) is 1. The Morgan fingerprint density at radius 2 is 1.91 bits per heavy atom. The maximum absolute atomic E-state index is 13.2. The molecule has 0 radical (unpaired) electrons. The van der Waals surface area contributed by atoms with E-state index in [0.29, 0.717) is 11.6 Å². The Hall–Kier alpha value is -2.75. The lowest BCUT2D eigenvalue weighted by Gasteiger charge is -2.21. The molecule has 0 spiro atoms. The SMILES string of the molecule is CC#C/C=C\C(=C(C)C)C1CCCN(C(=O)c2cc3c([nH]2)CCCC(C)=N3)CC1.CC(F)(F)F. The van der Waals surface area contributed by atoms with Crippen molar-refractivity contribution >= 4 is 17.3 Å². The summed E-state index contributed by atoms with van der Waals surface area (Å²) in [6.45, 7) is 10.1. The van der Waals surface area contributed by atoms with Gasteiger partial charge in [-0.2, -0.15) is 13.2 Å². The number of nitrogens with one attached hydrogen (secondary N) is 1. The number of carbonyl (C=O) groups is 1. The smallest absolute Gasteiger partial charge is 0.353 e. The largest absolute Gasteiger partial charge is 0.386 e. The van der Waals surface area contributed by atoms with Crippen molar-refractivity contribution < 1.29 is 18.0 Å². The van der Waals surface area contributed by atoms with Gasteiger partial charge in [-0.1, -0.05) is 17.6 Å². The number of aromatic nitrogens is 1. The van der Waals surface area contributed by atoms with Gasteiger partial charge in [-0.15, -0.1) is 5.92 Å². The predicted molar refractivity (Wildman–Crippen MR) is 132 cm³/mol. The molecule has 7 heteroatoms. The highest BCUT2D eigenvalue weighted by Crippen LogP contribution is 2.30. The van der Waals surface area contributed by atoms with Crippen LogP contribution in [-0.2, 0) is 6.42 Å². The lowest BCUT2D eigenvalue weighted by atomic mass is 9.88. The normalized spacial score (nSPS) is 18.4. The van der Waals surface area contributed by atoms with E-state index in [2.05, 4.69) is 48.7 Å². The number of hydrogen-bond acceptors (Lipinski definition) is 2. The number of aromatic amines is 1. The van der Waals surface area contributed by atoms with Crippen LogP contribution in [0.25, 0.3) is 0 Å². The van der Waals surface area contributed by atoms with Gasteiger partial charge in [0.15, 0.2) is 0 Å². The van der Waals surface area contributed by atoms with Crippen LogP contribution in [0.3, 0.4) is 0 Å². The summed E-state index contributed by atoms with van der Waals surface area (Å²) >= 11 is 0. The molecular formula is C27H36F3N3O. The van der Waals surface area contributed by atoms with Crippen molar-refractivity contribution in [3.63, 3.8) is 0 Å². The van der Waals surface area contributed by atoms with E-state index in [1.807, 2.05) is 24.0 Å². The maximum Gasteiger partial charge on any atom is 0.386 e. The number of H-pyrrole nitrogens is 1. The molecule has 3 heterocycles. The summed E-state index contributed by atoms with van der Waals surface area (Å²) in [5.41, 5.74) is 6.60. The maximum atomic E-state index is 13.2. The van der Waals surface area contributed by atoms with Crippen LogP contribution < -0.4 is 0 Å². The Bertz CT molecular complexity index is 993. The Morgan fingerprint density at radius 3 is 2.56 bits per heavy atom. The molecule has 3 rings (SSSR count). The van der Waals surface area contributed by atoms with Crippen LogP contribution in [0.1, 0.15) is 82.9 Å². The average Bonchev–Trinajstić information content (AvgIpc) is 2.89. The van der Waals surface area contributed by atoms with E-state index in [1.165, 1.54) is 11.1 Å². The topological polar surface area (TPSA) is 48.5 Å². The molecule has 0 saturated carbocycles. The zero-order valence-corrected chi connectivity index (χ0v) is 20.9. The number of aryl methyl sites for hydroxylation is 1. The van der Waals surface area contributed by atoms with E-state index in [9.17, 15) is 18.0 Å². The quantitative estimate of drug-likeness (QED) is 0.366. The molecule has 1 unspecified atom stereocenters. The van der Waals surface area contributed by atoms with Crippen LogP contribution in [0.2, 0.25) is 0 Å². The van der Waals surface area contributed by atoms with E-state index in [0.717, 1.165) is 68.7 Å². The summed E-state index contributed by atoms with van der Waals surface area (Å²) in [5.74, 6) is 6.54. The molecule has 0 aromatic carbocycles. The number of amides is 1. The average molecular weight is 476 g/mol. The number of halogens is 3. The highest BCUT2D eigenvalue weighted by molar-refractivity contribution is 5.94. The first kappa shape index (κ1) is 27.5. The Balaban J connectivity index is 0.000000739. The summed E-state index contributed by atoms with van der Waals surface area (Å²) in [6.07, 6.45) is 6.32. The first-order valence-corrected chi connectivity index (χ1v) is 11.9. The number of aliphatic imine (C=N–C) groups is 1. The van der Waals surface area contributed by atoms with Crippen LogP contribution in [-0.4, -0.2) is 40.8 Å². The van der Waals surface area contributed by atoms with Crippen molar-refractivity contribution in [2.24, 2.45) is 10.9 Å². The van der Waals surface area contributed by atoms with Crippen LogP contribution in [0.5, 0.6) is 0 Å². The van der Waals surface area contributed by atoms with Gasteiger partial charge < -0.3 is 9.88 Å². The highest BCUT2D eigenvalue weighted by Gasteiger charge is 2.25. The highest BCUT2D eigenvalue weighted by atomic mass is 19.4. The Kier molecular flexibility index (Phi) is 10.2. The van der Waals surface area contributed by atoms with E-state index < -0.39 is 6.18 Å². The van der Waals surface area contributed by atoms with Gasteiger partial charge in [-0.25, -0.2) is 0 Å². The third kappa shape index (κ3) is 8.89. The predicted octanol–water partition coefficient (Wildman–Crippen LogP) is 7.17. The van der Waals surface area contributed by atoms with Crippen molar-refractivity contribution in [3.8, 4) is 11.8 Å². The molecule has 1 amide bonds. The second-order valence-electron chi connectivity index (χ2n) is 9.13. The lowest BCUT2D eigenvalue weighted by Crippen LogP contribution is -2.32. The van der Waals surface area contributed by atoms with Crippen LogP contribution in [0.15, 0.2) is 34.4 Å². The minimum atomic E-state index is -4.00. The molecule has 0 bridgehead atoms. The van der Waals surface area contributed by atoms with E-state index >= 15 is 0 Å². The van der Waals surface area contributed by atoms with E-state index in [4.69, 9.17) is 0 Å². The number of allylic oxidation sites excluding steroid dienone is 4. The fraction of sp³-hybridized carbons (Fsp3) is 0.556. The number of nitrogens with zero attached hydrogens (tertiary/aromatic N) is 2. The summed E-state index contributed by atoms with van der Waals surface area (Å²) < 4.78 is 31.1.